The van der Waals surface area contributed by atoms with Crippen LogP contribution in [0.1, 0.15) is 19.4 Å². The first-order valence-electron chi connectivity index (χ1n) is 8.35. The first-order valence-corrected chi connectivity index (χ1v) is 8.35. The number of H-pyrrole nitrogens is 1. The molecular weight excluding hydrogens is 318 g/mol. The Morgan fingerprint density at radius 1 is 1.08 bits per heavy atom. The maximum absolute atomic E-state index is 11.4. The predicted molar refractivity (Wildman–Crippen MR) is 97.4 cm³/mol. The van der Waals surface area contributed by atoms with E-state index >= 15 is 0 Å². The molecule has 0 radical (unpaired) electrons. The number of aliphatic carboxylic acids is 1. The number of carbonyl (C=O) groups is 1. The van der Waals surface area contributed by atoms with Gasteiger partial charge in [-0.3, -0.25) is 4.79 Å². The monoisotopic (exact) mass is 339 g/mol. The number of para-hydroxylation sites is 1. The van der Waals surface area contributed by atoms with Crippen LogP contribution in [0.25, 0.3) is 22.2 Å². The Balaban J connectivity index is 2.22. The molecule has 0 spiro atoms. The topological polar surface area (TPSA) is 71.5 Å². The number of ether oxygens (including phenoxy) is 2. The van der Waals surface area contributed by atoms with Crippen LogP contribution in [-0.2, 0) is 11.2 Å². The molecule has 0 aliphatic heterocycles. The van der Waals surface area contributed by atoms with E-state index in [4.69, 9.17) is 9.47 Å². The SMILES string of the molecule is CCOc1ccc2[nH]c(-c3ccccc3OCC)c(CC(=O)O)c2c1. The van der Waals surface area contributed by atoms with E-state index in [9.17, 15) is 9.90 Å². The molecule has 0 saturated heterocycles. The summed E-state index contributed by atoms with van der Waals surface area (Å²) >= 11 is 0. The van der Waals surface area contributed by atoms with Crippen LogP contribution < -0.4 is 9.47 Å². The summed E-state index contributed by atoms with van der Waals surface area (Å²) in [7, 11) is 0. The van der Waals surface area contributed by atoms with Crippen molar-refractivity contribution in [2.75, 3.05) is 13.2 Å². The summed E-state index contributed by atoms with van der Waals surface area (Å²) in [6.45, 7) is 4.95. The zero-order valence-electron chi connectivity index (χ0n) is 14.3. The molecular formula is C20H21NO4. The largest absolute Gasteiger partial charge is 0.494 e. The van der Waals surface area contributed by atoms with Crippen LogP contribution in [0.5, 0.6) is 11.5 Å². The fourth-order valence-corrected chi connectivity index (χ4v) is 3.00. The van der Waals surface area contributed by atoms with Crippen molar-refractivity contribution >= 4 is 16.9 Å². The average molecular weight is 339 g/mol. The zero-order valence-corrected chi connectivity index (χ0v) is 14.3. The van der Waals surface area contributed by atoms with Gasteiger partial charge < -0.3 is 19.6 Å². The second-order valence-corrected chi connectivity index (χ2v) is 5.62. The molecule has 3 rings (SSSR count). The van der Waals surface area contributed by atoms with Gasteiger partial charge in [0.15, 0.2) is 0 Å². The third-order valence-corrected chi connectivity index (χ3v) is 3.97. The highest BCUT2D eigenvalue weighted by Crippen LogP contribution is 2.37. The van der Waals surface area contributed by atoms with Crippen molar-refractivity contribution in [2.24, 2.45) is 0 Å². The summed E-state index contributed by atoms with van der Waals surface area (Å²) in [5, 5.41) is 10.2. The summed E-state index contributed by atoms with van der Waals surface area (Å²) in [6, 6.07) is 13.3. The van der Waals surface area contributed by atoms with Crippen LogP contribution in [0.3, 0.4) is 0 Å². The van der Waals surface area contributed by atoms with Crippen LogP contribution in [0.2, 0.25) is 0 Å². The number of aromatic amines is 1. The van der Waals surface area contributed by atoms with E-state index in [1.165, 1.54) is 0 Å². The Kier molecular flexibility index (Phi) is 4.93. The van der Waals surface area contributed by atoms with Gasteiger partial charge in [-0.2, -0.15) is 0 Å². The molecule has 5 nitrogen and oxygen atoms in total. The lowest BCUT2D eigenvalue weighted by atomic mass is 10.0. The van der Waals surface area contributed by atoms with E-state index < -0.39 is 5.97 Å². The minimum Gasteiger partial charge on any atom is -0.494 e. The Hall–Kier alpha value is -2.95. The molecule has 3 aromatic rings. The number of carboxylic acids is 1. The van der Waals surface area contributed by atoms with Gasteiger partial charge in [-0.25, -0.2) is 0 Å². The smallest absolute Gasteiger partial charge is 0.307 e. The van der Waals surface area contributed by atoms with Gasteiger partial charge in [0.05, 0.1) is 25.3 Å². The molecule has 1 aromatic heterocycles. The number of hydrogen-bond donors (Lipinski definition) is 2. The maximum Gasteiger partial charge on any atom is 0.307 e. The van der Waals surface area contributed by atoms with Crippen molar-refractivity contribution in [3.63, 3.8) is 0 Å². The molecule has 130 valence electrons. The summed E-state index contributed by atoms with van der Waals surface area (Å²) in [4.78, 5) is 14.8. The second-order valence-electron chi connectivity index (χ2n) is 5.62. The van der Waals surface area contributed by atoms with Crippen molar-refractivity contribution in [3.8, 4) is 22.8 Å². The van der Waals surface area contributed by atoms with E-state index in [-0.39, 0.29) is 6.42 Å². The van der Waals surface area contributed by atoms with Gasteiger partial charge in [-0.15, -0.1) is 0 Å². The lowest BCUT2D eigenvalue weighted by Crippen LogP contribution is -2.02. The Morgan fingerprint density at radius 3 is 2.56 bits per heavy atom. The van der Waals surface area contributed by atoms with Gasteiger partial charge in [-0.05, 0) is 49.7 Å². The van der Waals surface area contributed by atoms with Gasteiger partial charge in [0.2, 0.25) is 0 Å². The summed E-state index contributed by atoms with van der Waals surface area (Å²) in [5.74, 6) is 0.580. The molecule has 0 unspecified atom stereocenters. The maximum atomic E-state index is 11.4. The minimum atomic E-state index is -0.877. The lowest BCUT2D eigenvalue weighted by molar-refractivity contribution is -0.136. The average Bonchev–Trinajstić information content (AvgIpc) is 2.93. The van der Waals surface area contributed by atoms with Crippen molar-refractivity contribution in [3.05, 3.63) is 48.0 Å². The van der Waals surface area contributed by atoms with E-state index in [2.05, 4.69) is 4.98 Å². The Morgan fingerprint density at radius 2 is 1.84 bits per heavy atom. The Labute approximate surface area is 146 Å². The van der Waals surface area contributed by atoms with Gasteiger partial charge >= 0.3 is 5.97 Å². The molecule has 25 heavy (non-hydrogen) atoms. The van der Waals surface area contributed by atoms with Crippen LogP contribution in [0.4, 0.5) is 0 Å². The minimum absolute atomic E-state index is 0.0780. The van der Waals surface area contributed by atoms with Gasteiger partial charge in [0.25, 0.3) is 0 Å². The first kappa shape index (κ1) is 16.9. The summed E-state index contributed by atoms with van der Waals surface area (Å²) < 4.78 is 11.3. The number of nitrogens with one attached hydrogen (secondary N) is 1. The molecule has 2 aromatic carbocycles. The fraction of sp³-hybridized carbons (Fsp3) is 0.250. The van der Waals surface area contributed by atoms with Gasteiger partial charge in [0, 0.05) is 16.5 Å². The normalized spacial score (nSPS) is 10.8. The lowest BCUT2D eigenvalue weighted by Gasteiger charge is -2.10. The fourth-order valence-electron chi connectivity index (χ4n) is 3.00. The molecule has 2 N–H and O–H groups in total. The molecule has 0 bridgehead atoms. The highest BCUT2D eigenvalue weighted by molar-refractivity contribution is 5.95. The van der Waals surface area contributed by atoms with Crippen molar-refractivity contribution < 1.29 is 19.4 Å². The number of aromatic nitrogens is 1. The highest BCUT2D eigenvalue weighted by atomic mass is 16.5. The van der Waals surface area contributed by atoms with Crippen molar-refractivity contribution in [2.45, 2.75) is 20.3 Å². The molecule has 5 heteroatoms. The summed E-state index contributed by atoms with van der Waals surface area (Å²) in [5.41, 5.74) is 3.24. The van der Waals surface area contributed by atoms with Crippen molar-refractivity contribution in [1.29, 1.82) is 0 Å². The number of hydrogen-bond acceptors (Lipinski definition) is 3. The van der Waals surface area contributed by atoms with E-state index in [0.717, 1.165) is 39.2 Å². The highest BCUT2D eigenvalue weighted by Gasteiger charge is 2.19. The van der Waals surface area contributed by atoms with Crippen LogP contribution in [0.15, 0.2) is 42.5 Å². The molecule has 0 fully saturated rings. The van der Waals surface area contributed by atoms with E-state index in [1.54, 1.807) is 0 Å². The van der Waals surface area contributed by atoms with Crippen LogP contribution in [-0.4, -0.2) is 29.3 Å². The predicted octanol–water partition coefficient (Wildman–Crippen LogP) is 4.26. The second kappa shape index (κ2) is 7.30. The molecule has 0 saturated carbocycles. The first-order chi connectivity index (χ1) is 12.1. The number of carboxylic acid groups (broad SMARTS) is 1. The van der Waals surface area contributed by atoms with E-state index in [1.807, 2.05) is 56.3 Å². The van der Waals surface area contributed by atoms with Gasteiger partial charge in [0.1, 0.15) is 11.5 Å². The molecule has 1 heterocycles. The van der Waals surface area contributed by atoms with Crippen molar-refractivity contribution in [1.82, 2.24) is 4.98 Å². The zero-order chi connectivity index (χ0) is 17.8. The number of benzene rings is 2. The molecule has 0 amide bonds. The summed E-state index contributed by atoms with van der Waals surface area (Å²) in [6.07, 6.45) is -0.0780. The van der Waals surface area contributed by atoms with Crippen LogP contribution in [0, 0.1) is 0 Å². The number of rotatable bonds is 7. The third kappa shape index (κ3) is 3.45. The third-order valence-electron chi connectivity index (χ3n) is 3.97. The molecule has 0 aliphatic carbocycles. The standard InChI is InChI=1S/C20H21NO4/c1-3-24-13-9-10-17-15(11-13)16(12-19(22)23)20(21-17)14-7-5-6-8-18(14)25-4-2/h5-11,21H,3-4,12H2,1-2H3,(H,22,23). The molecule has 0 atom stereocenters. The molecule has 0 aliphatic rings. The quantitative estimate of drug-likeness (QED) is 0.675. The number of fused-ring (bicyclic) bond motifs is 1. The van der Waals surface area contributed by atoms with Gasteiger partial charge in [-0.1, -0.05) is 12.1 Å². The Bertz CT molecular complexity index is 898. The van der Waals surface area contributed by atoms with E-state index in [0.29, 0.717) is 13.2 Å². The van der Waals surface area contributed by atoms with Crippen LogP contribution >= 0.6 is 0 Å².